The van der Waals surface area contributed by atoms with E-state index in [0.29, 0.717) is 19.7 Å². The number of nitroso groups, excluding NO2 is 1. The lowest BCUT2D eigenvalue weighted by molar-refractivity contribution is -0.124. The van der Waals surface area contributed by atoms with Crippen LogP contribution in [0.5, 0.6) is 0 Å². The van der Waals surface area contributed by atoms with E-state index in [1.165, 1.54) is 19.0 Å². The molecule has 0 spiro atoms. The maximum atomic E-state index is 15.0. The fourth-order valence-corrected chi connectivity index (χ4v) is 5.50. The van der Waals surface area contributed by atoms with Gasteiger partial charge in [0.1, 0.15) is 17.8 Å². The van der Waals surface area contributed by atoms with Gasteiger partial charge < -0.3 is 25.6 Å². The monoisotopic (exact) mass is 524 g/mol. The summed E-state index contributed by atoms with van der Waals surface area (Å²) in [7, 11) is 1.63. The Morgan fingerprint density at radius 1 is 1.30 bits per heavy atom. The molecule has 3 saturated heterocycles. The second-order valence-corrected chi connectivity index (χ2v) is 10.1. The summed E-state index contributed by atoms with van der Waals surface area (Å²) in [6, 6.07) is 0. The maximum Gasteiger partial charge on any atom is 0.234 e. The molecular formula is C24H38F2N8O3. The number of pyridine rings is 1. The van der Waals surface area contributed by atoms with Crippen molar-refractivity contribution in [2.45, 2.75) is 50.3 Å². The van der Waals surface area contributed by atoms with Gasteiger partial charge in [-0.25, -0.2) is 8.78 Å². The van der Waals surface area contributed by atoms with Gasteiger partial charge >= 0.3 is 0 Å². The lowest BCUT2D eigenvalue weighted by atomic mass is 9.98. The molecule has 13 heteroatoms. The van der Waals surface area contributed by atoms with E-state index in [-0.39, 0.29) is 30.6 Å². The summed E-state index contributed by atoms with van der Waals surface area (Å²) < 4.78 is 34.9. The number of alkyl halides is 1. The maximum absolute atomic E-state index is 15.0. The van der Waals surface area contributed by atoms with Crippen molar-refractivity contribution < 1.29 is 18.3 Å². The van der Waals surface area contributed by atoms with Crippen LogP contribution in [0.15, 0.2) is 17.6 Å². The molecule has 0 radical (unpaired) electrons. The van der Waals surface area contributed by atoms with E-state index in [2.05, 4.69) is 25.7 Å². The highest BCUT2D eigenvalue weighted by molar-refractivity contribution is 5.96. The van der Waals surface area contributed by atoms with Crippen molar-refractivity contribution in [1.82, 2.24) is 20.1 Å². The molecule has 3 aliphatic rings. The molecule has 206 valence electrons. The smallest absolute Gasteiger partial charge is 0.234 e. The van der Waals surface area contributed by atoms with Gasteiger partial charge in [-0.15, -0.1) is 4.91 Å². The Kier molecular flexibility index (Phi) is 9.71. The van der Waals surface area contributed by atoms with Gasteiger partial charge in [0.15, 0.2) is 12.0 Å². The van der Waals surface area contributed by atoms with Crippen molar-refractivity contribution in [1.29, 1.82) is 0 Å². The van der Waals surface area contributed by atoms with Crippen LogP contribution in [0.25, 0.3) is 0 Å². The summed E-state index contributed by atoms with van der Waals surface area (Å²) in [6.07, 6.45) is 3.36. The average Bonchev–Trinajstić information content (AvgIpc) is 3.40. The number of likely N-dealkylation sites (tertiary alicyclic amines) is 1. The SMILES string of the molecule is CN1CC(F)CNC1C(C(=O)Nc1cncc(F)c1N1CCC(OCCN2CCCC2)CC1)C(N)N=O. The predicted octanol–water partition coefficient (Wildman–Crippen LogP) is 1.11. The number of nitrogens with two attached hydrogens (primary N) is 1. The Balaban J connectivity index is 1.39. The van der Waals surface area contributed by atoms with Gasteiger partial charge in [0.05, 0.1) is 37.0 Å². The molecule has 0 bridgehead atoms. The minimum absolute atomic E-state index is 0.0200. The Bertz CT molecular complexity index is 914. The van der Waals surface area contributed by atoms with Gasteiger partial charge in [0, 0.05) is 32.7 Å². The molecule has 4 unspecified atom stereocenters. The quantitative estimate of drug-likeness (QED) is 0.386. The number of carbonyl (C=O) groups is 1. The Hall–Kier alpha value is -2.32. The van der Waals surface area contributed by atoms with Crippen molar-refractivity contribution >= 4 is 17.3 Å². The molecule has 0 saturated carbocycles. The summed E-state index contributed by atoms with van der Waals surface area (Å²) >= 11 is 0. The summed E-state index contributed by atoms with van der Waals surface area (Å²) in [5, 5.41) is 8.49. The molecular weight excluding hydrogens is 486 g/mol. The largest absolute Gasteiger partial charge is 0.377 e. The summed E-state index contributed by atoms with van der Waals surface area (Å²) in [5.74, 6) is -2.31. The first-order chi connectivity index (χ1) is 17.9. The van der Waals surface area contributed by atoms with Crippen molar-refractivity contribution in [3.05, 3.63) is 23.1 Å². The van der Waals surface area contributed by atoms with E-state index in [1.807, 2.05) is 4.90 Å². The van der Waals surface area contributed by atoms with Crippen LogP contribution in [0.2, 0.25) is 0 Å². The van der Waals surface area contributed by atoms with E-state index in [4.69, 9.17) is 10.5 Å². The average molecular weight is 525 g/mol. The molecule has 0 aromatic carbocycles. The van der Waals surface area contributed by atoms with Crippen molar-refractivity contribution in [2.75, 3.05) is 69.7 Å². The highest BCUT2D eigenvalue weighted by Crippen LogP contribution is 2.32. The van der Waals surface area contributed by atoms with Gasteiger partial charge in [-0.2, -0.15) is 0 Å². The zero-order valence-electron chi connectivity index (χ0n) is 21.3. The molecule has 37 heavy (non-hydrogen) atoms. The predicted molar refractivity (Wildman–Crippen MR) is 136 cm³/mol. The van der Waals surface area contributed by atoms with Crippen molar-refractivity contribution in [3.8, 4) is 0 Å². The minimum Gasteiger partial charge on any atom is -0.377 e. The number of halogens is 2. The standard InChI is InChI=1S/C24H38F2N8O3/c1-32-15-16(25)12-29-23(32)20(22(27)31-36)24(35)30-19-14-28-13-18(26)21(19)34-8-4-17(5-9-34)37-11-10-33-6-2-3-7-33/h13-14,16-17,20,22-23,29H,2-12,15,27H2,1H3,(H,30,35). The van der Waals surface area contributed by atoms with Crippen LogP contribution in [0.3, 0.4) is 0 Å². The molecule has 3 fully saturated rings. The molecule has 4 atom stereocenters. The van der Waals surface area contributed by atoms with Gasteiger partial charge in [0.2, 0.25) is 5.91 Å². The van der Waals surface area contributed by atoms with Crippen LogP contribution in [0, 0.1) is 16.6 Å². The lowest BCUT2D eigenvalue weighted by Gasteiger charge is -2.40. The molecule has 11 nitrogen and oxygen atoms in total. The third-order valence-electron chi connectivity index (χ3n) is 7.49. The molecule has 4 rings (SSSR count). The van der Waals surface area contributed by atoms with Gasteiger partial charge in [-0.05, 0) is 45.8 Å². The van der Waals surface area contributed by atoms with Crippen molar-refractivity contribution in [2.24, 2.45) is 16.8 Å². The summed E-state index contributed by atoms with van der Waals surface area (Å²) in [5.41, 5.74) is 6.31. The molecule has 3 aliphatic heterocycles. The number of carbonyl (C=O) groups excluding carboxylic acids is 1. The van der Waals surface area contributed by atoms with Crippen LogP contribution in [0.4, 0.5) is 20.2 Å². The first kappa shape index (κ1) is 27.7. The number of nitrogens with zero attached hydrogens (tertiary/aromatic N) is 5. The molecule has 1 aromatic rings. The number of ether oxygens (including phenoxy) is 1. The Morgan fingerprint density at radius 2 is 2.03 bits per heavy atom. The van der Waals surface area contributed by atoms with Gasteiger partial charge in [-0.3, -0.25) is 20.0 Å². The number of hydrogen-bond acceptors (Lipinski definition) is 10. The topological polar surface area (TPSA) is 128 Å². The molecule has 1 aromatic heterocycles. The third-order valence-corrected chi connectivity index (χ3v) is 7.49. The van der Waals surface area contributed by atoms with Gasteiger partial charge in [0.25, 0.3) is 0 Å². The minimum atomic E-state index is -1.38. The van der Waals surface area contributed by atoms with Crippen LogP contribution < -0.4 is 21.3 Å². The van der Waals surface area contributed by atoms with E-state index in [9.17, 15) is 18.5 Å². The van der Waals surface area contributed by atoms with E-state index in [1.54, 1.807) is 11.9 Å². The van der Waals surface area contributed by atoms with Gasteiger partial charge in [-0.1, -0.05) is 5.18 Å². The number of nitrogens with one attached hydrogen (secondary N) is 2. The molecule has 4 heterocycles. The van der Waals surface area contributed by atoms with E-state index in [0.717, 1.165) is 38.7 Å². The Morgan fingerprint density at radius 3 is 2.70 bits per heavy atom. The fraction of sp³-hybridized carbons (Fsp3) is 0.750. The second-order valence-electron chi connectivity index (χ2n) is 10.1. The molecule has 4 N–H and O–H groups in total. The number of amides is 1. The number of aromatic nitrogens is 1. The molecule has 0 aliphatic carbocycles. The summed E-state index contributed by atoms with van der Waals surface area (Å²) in [4.78, 5) is 34.4. The zero-order valence-corrected chi connectivity index (χ0v) is 21.3. The van der Waals surface area contributed by atoms with Crippen LogP contribution >= 0.6 is 0 Å². The van der Waals surface area contributed by atoms with E-state index < -0.39 is 36.1 Å². The second kappa shape index (κ2) is 13.0. The van der Waals surface area contributed by atoms with Crippen LogP contribution in [-0.2, 0) is 9.53 Å². The molecule has 1 amide bonds. The Labute approximate surface area is 216 Å². The number of anilines is 2. The normalized spacial score (nSPS) is 25.7. The first-order valence-corrected chi connectivity index (χ1v) is 13.1. The summed E-state index contributed by atoms with van der Waals surface area (Å²) in [6.45, 7) is 5.11. The highest BCUT2D eigenvalue weighted by Gasteiger charge is 2.40. The fourth-order valence-electron chi connectivity index (χ4n) is 5.50. The van der Waals surface area contributed by atoms with Crippen LogP contribution in [-0.4, -0.2) is 105 Å². The number of piperidine rings is 1. The zero-order chi connectivity index (χ0) is 26.4. The lowest BCUT2D eigenvalue weighted by Crippen LogP contribution is -2.62. The first-order valence-electron chi connectivity index (χ1n) is 13.1. The number of rotatable bonds is 10. The van der Waals surface area contributed by atoms with Crippen molar-refractivity contribution in [3.63, 3.8) is 0 Å². The van der Waals surface area contributed by atoms with E-state index >= 15 is 0 Å². The third kappa shape index (κ3) is 6.96. The van der Waals surface area contributed by atoms with Crippen LogP contribution in [0.1, 0.15) is 25.7 Å². The number of hydrogen-bond donors (Lipinski definition) is 3. The highest BCUT2D eigenvalue weighted by atomic mass is 19.1.